The average Bonchev–Trinajstić information content (AvgIpc) is 3.76. The SMILES string of the molecule is CCC(C)c1ccc(C)c(C)c1.CCC(C)c1ccc(Cl)cc1.CCC(C)c1ccc(OC)c(C)c1.CCC(C)c1cccc(C(=O)CO)c1.CCC(C)c1cccc(C(C)=O)c1.CCC(C)c1cccc(CO)c1.CO.CO.CO.CO.CO.CO. The fourth-order valence-corrected chi connectivity index (χ4v) is 7.78. The lowest BCUT2D eigenvalue weighted by molar-refractivity contribution is 0.0903. The van der Waals surface area contributed by atoms with E-state index < -0.39 is 6.61 Å². The van der Waals surface area contributed by atoms with Gasteiger partial charge >= 0.3 is 0 Å². The summed E-state index contributed by atoms with van der Waals surface area (Å²) < 4.78 is 5.21. The molecule has 494 valence electrons. The third-order valence-electron chi connectivity index (χ3n) is 14.7. The van der Waals surface area contributed by atoms with Crippen molar-refractivity contribution in [1.82, 2.24) is 0 Å². The number of aliphatic hydroxyl groups excluding tert-OH is 8. The van der Waals surface area contributed by atoms with Crippen LogP contribution in [0.15, 0.2) is 133 Å². The number of rotatable bonds is 17. The molecule has 0 spiro atoms. The molecule has 0 amide bonds. The number of carbonyl (C=O) groups is 2. The van der Waals surface area contributed by atoms with Crippen LogP contribution in [0, 0.1) is 20.8 Å². The second-order valence-corrected chi connectivity index (χ2v) is 20.7. The molecule has 0 bridgehead atoms. The van der Waals surface area contributed by atoms with Crippen LogP contribution in [0.2, 0.25) is 5.02 Å². The van der Waals surface area contributed by atoms with E-state index in [0.29, 0.717) is 41.1 Å². The Hall–Kier alpha value is -5.57. The average molecular weight is 1230 g/mol. The Bertz CT molecular complexity index is 2550. The summed E-state index contributed by atoms with van der Waals surface area (Å²) in [6.45, 7) is 34.1. The molecular formula is C75H121ClO11. The Balaban J connectivity index is -0.000000218. The lowest BCUT2D eigenvalue weighted by Crippen LogP contribution is -2.05. The summed E-state index contributed by atoms with van der Waals surface area (Å²) in [4.78, 5) is 22.3. The van der Waals surface area contributed by atoms with Crippen molar-refractivity contribution in [1.29, 1.82) is 0 Å². The highest BCUT2D eigenvalue weighted by Gasteiger charge is 2.10. The highest BCUT2D eigenvalue weighted by molar-refractivity contribution is 6.30. The van der Waals surface area contributed by atoms with Gasteiger partial charge in [-0.05, 0) is 188 Å². The molecular weight excluding hydrogens is 1110 g/mol. The summed E-state index contributed by atoms with van der Waals surface area (Å²) in [6.07, 6.45) is 6.91. The molecule has 6 unspecified atom stereocenters. The molecule has 12 heteroatoms. The zero-order valence-corrected chi connectivity index (χ0v) is 58.8. The normalized spacial score (nSPS) is 11.4. The van der Waals surface area contributed by atoms with E-state index >= 15 is 0 Å². The zero-order valence-electron chi connectivity index (χ0n) is 58.0. The van der Waals surface area contributed by atoms with E-state index in [4.69, 9.17) is 57.2 Å². The molecule has 6 aromatic carbocycles. The largest absolute Gasteiger partial charge is 0.496 e. The van der Waals surface area contributed by atoms with Gasteiger partial charge in [-0.3, -0.25) is 9.59 Å². The van der Waals surface area contributed by atoms with E-state index in [9.17, 15) is 9.59 Å². The van der Waals surface area contributed by atoms with Crippen molar-refractivity contribution in [3.05, 3.63) is 205 Å². The molecule has 87 heavy (non-hydrogen) atoms. The fraction of sp³-hybridized carbons (Fsp3) is 0.493. The van der Waals surface area contributed by atoms with Crippen molar-refractivity contribution in [2.24, 2.45) is 0 Å². The van der Waals surface area contributed by atoms with Crippen molar-refractivity contribution in [2.75, 3.05) is 56.4 Å². The second-order valence-electron chi connectivity index (χ2n) is 20.3. The Kier molecular flexibility index (Phi) is 64.6. The number of methoxy groups -OCH3 is 1. The van der Waals surface area contributed by atoms with Crippen molar-refractivity contribution in [2.45, 2.75) is 191 Å². The van der Waals surface area contributed by atoms with Gasteiger partial charge in [-0.25, -0.2) is 0 Å². The zero-order chi connectivity index (χ0) is 68.6. The number of aryl methyl sites for hydroxylation is 3. The van der Waals surface area contributed by atoms with Gasteiger partial charge in [-0.2, -0.15) is 0 Å². The van der Waals surface area contributed by atoms with Crippen LogP contribution >= 0.6 is 11.6 Å². The lowest BCUT2D eigenvalue weighted by atomic mass is 9.95. The second kappa shape index (κ2) is 60.7. The number of carbonyl (C=O) groups excluding carboxylic acids is 2. The predicted molar refractivity (Wildman–Crippen MR) is 373 cm³/mol. The number of Topliss-reactive ketones (excluding diaryl/α,β-unsaturated/α-hetero) is 2. The Morgan fingerprint density at radius 2 is 0.724 bits per heavy atom. The summed E-state index contributed by atoms with van der Waals surface area (Å²) >= 11 is 5.76. The minimum absolute atomic E-state index is 0.143. The lowest BCUT2D eigenvalue weighted by Gasteiger charge is -2.11. The van der Waals surface area contributed by atoms with E-state index in [2.05, 4.69) is 171 Å². The Labute approximate surface area is 534 Å². The van der Waals surface area contributed by atoms with Gasteiger partial charge in [0.25, 0.3) is 0 Å². The van der Waals surface area contributed by atoms with E-state index in [1.165, 1.54) is 63.8 Å². The van der Waals surface area contributed by atoms with Crippen molar-refractivity contribution in [3.63, 3.8) is 0 Å². The quantitative estimate of drug-likeness (QED) is 0.0403. The number of benzene rings is 6. The van der Waals surface area contributed by atoms with Crippen LogP contribution in [-0.2, 0) is 6.61 Å². The van der Waals surface area contributed by atoms with Gasteiger partial charge in [-0.1, -0.05) is 198 Å². The van der Waals surface area contributed by atoms with Gasteiger partial charge in [-0.15, -0.1) is 0 Å². The van der Waals surface area contributed by atoms with Gasteiger partial charge in [0.15, 0.2) is 11.6 Å². The molecule has 0 saturated heterocycles. The molecule has 0 fully saturated rings. The van der Waals surface area contributed by atoms with Crippen LogP contribution in [0.3, 0.4) is 0 Å². The summed E-state index contributed by atoms with van der Waals surface area (Å²) in [5.74, 6) is 4.49. The first-order valence-corrected chi connectivity index (χ1v) is 30.8. The van der Waals surface area contributed by atoms with Gasteiger partial charge in [0.1, 0.15) is 12.4 Å². The summed E-state index contributed by atoms with van der Waals surface area (Å²) in [6, 6.07) is 44.8. The number of hydrogen-bond donors (Lipinski definition) is 8. The van der Waals surface area contributed by atoms with Crippen LogP contribution in [0.5, 0.6) is 5.75 Å². The van der Waals surface area contributed by atoms with Gasteiger partial charge < -0.3 is 45.6 Å². The predicted octanol–water partition coefficient (Wildman–Crippen LogP) is 17.3. The smallest absolute Gasteiger partial charge is 0.188 e. The first kappa shape index (κ1) is 92.6. The van der Waals surface area contributed by atoms with Crippen molar-refractivity contribution >= 4 is 23.2 Å². The van der Waals surface area contributed by atoms with Crippen molar-refractivity contribution in [3.8, 4) is 5.75 Å². The summed E-state index contributed by atoms with van der Waals surface area (Å²) in [5, 5.41) is 60.5. The molecule has 6 aromatic rings. The third-order valence-corrected chi connectivity index (χ3v) is 14.9. The summed E-state index contributed by atoms with van der Waals surface area (Å²) in [7, 11) is 7.71. The van der Waals surface area contributed by atoms with Crippen LogP contribution in [0.25, 0.3) is 0 Å². The molecule has 0 aromatic heterocycles. The van der Waals surface area contributed by atoms with E-state index in [0.717, 1.165) is 89.4 Å². The number of hydrogen-bond acceptors (Lipinski definition) is 11. The highest BCUT2D eigenvalue weighted by Crippen LogP contribution is 2.26. The maximum atomic E-state index is 11.2. The molecule has 11 nitrogen and oxygen atoms in total. The first-order valence-electron chi connectivity index (χ1n) is 30.4. The number of aliphatic hydroxyl groups is 8. The molecule has 0 aliphatic heterocycles. The fourth-order valence-electron chi connectivity index (χ4n) is 7.66. The van der Waals surface area contributed by atoms with Crippen LogP contribution < -0.4 is 4.74 Å². The Morgan fingerprint density at radius 1 is 0.402 bits per heavy atom. The number of halogens is 1. The van der Waals surface area contributed by atoms with Crippen LogP contribution in [0.1, 0.15) is 240 Å². The minimum Gasteiger partial charge on any atom is -0.496 e. The third kappa shape index (κ3) is 40.6. The van der Waals surface area contributed by atoms with Gasteiger partial charge in [0, 0.05) is 58.8 Å². The molecule has 0 heterocycles. The molecule has 6 rings (SSSR count). The van der Waals surface area contributed by atoms with Gasteiger partial charge in [0.2, 0.25) is 0 Å². The molecule has 8 N–H and O–H groups in total. The van der Waals surface area contributed by atoms with Crippen LogP contribution in [-0.4, -0.2) is 109 Å². The topological polar surface area (TPSA) is 205 Å². The maximum Gasteiger partial charge on any atom is 0.188 e. The molecule has 6 atom stereocenters. The highest BCUT2D eigenvalue weighted by atomic mass is 35.5. The number of ether oxygens (including phenoxy) is 1. The van der Waals surface area contributed by atoms with E-state index in [1.807, 2.05) is 60.7 Å². The van der Waals surface area contributed by atoms with Crippen LogP contribution in [0.4, 0.5) is 0 Å². The molecule has 0 saturated carbocycles. The minimum atomic E-state index is -0.413. The summed E-state index contributed by atoms with van der Waals surface area (Å²) in [5.41, 5.74) is 14.4. The monoisotopic (exact) mass is 1230 g/mol. The van der Waals surface area contributed by atoms with E-state index in [1.54, 1.807) is 20.1 Å². The standard InChI is InChI=1S/C12H16O2.C12H18O.C12H16O.C12H18.C11H16O.C10H13Cl.6CH4O/c1-3-9(2)10-5-4-6-11(7-10)12(14)8-13;1-5-9(2)11-6-7-12(13-4)10(3)8-11;1-4-9(2)11-6-5-7-12(8-11)10(3)13;1-5-9(2)12-7-6-10(3)11(4)8-12;1-3-9(2)11-6-4-5-10(7-11)8-12;1-3-8(2)9-4-6-10(11)7-5-9;6*1-2/h4-7,9,13H,3,8H2,1-2H3;6-9H,5H2,1-4H3;5-9H,4H2,1-3H3;6-9H,5H2,1-4H3;4-7,9,12H,3,8H2,1-2H3;4-8H,3H2,1-2H3;6*2H,1H3. The maximum absolute atomic E-state index is 11.2. The molecule has 0 radical (unpaired) electrons. The van der Waals surface area contributed by atoms with Crippen molar-refractivity contribution < 1.29 is 55.2 Å². The van der Waals surface area contributed by atoms with Gasteiger partial charge in [0.05, 0.1) is 13.7 Å². The number of ketones is 2. The Morgan fingerprint density at radius 3 is 1.07 bits per heavy atom. The molecule has 0 aliphatic rings. The van der Waals surface area contributed by atoms with E-state index in [-0.39, 0.29) is 18.2 Å². The molecule has 0 aliphatic carbocycles. The first-order chi connectivity index (χ1) is 41.7.